The van der Waals surface area contributed by atoms with Gasteiger partial charge < -0.3 is 10.3 Å². The Labute approximate surface area is 120 Å². The van der Waals surface area contributed by atoms with Crippen LogP contribution < -0.4 is 5.73 Å². The van der Waals surface area contributed by atoms with Gasteiger partial charge in [-0.25, -0.2) is 4.98 Å². The molecule has 2 aliphatic carbocycles. The molecule has 0 amide bonds. The minimum absolute atomic E-state index is 0.121. The van der Waals surface area contributed by atoms with E-state index in [2.05, 4.69) is 29.8 Å². The van der Waals surface area contributed by atoms with Crippen molar-refractivity contribution in [2.45, 2.75) is 56.4 Å². The lowest BCUT2D eigenvalue weighted by atomic mass is 9.77. The Hall–Kier alpha value is -1.35. The Balaban J connectivity index is 1.78. The van der Waals surface area contributed by atoms with Crippen molar-refractivity contribution in [2.24, 2.45) is 12.8 Å². The lowest BCUT2D eigenvalue weighted by Gasteiger charge is -2.33. The van der Waals surface area contributed by atoms with Gasteiger partial charge in [-0.3, -0.25) is 0 Å². The van der Waals surface area contributed by atoms with Gasteiger partial charge in [0.15, 0.2) is 0 Å². The molecule has 1 heterocycles. The lowest BCUT2D eigenvalue weighted by molar-refractivity contribution is 0.302. The molecule has 4 rings (SSSR count). The summed E-state index contributed by atoms with van der Waals surface area (Å²) in [5, 5.41) is 0. The van der Waals surface area contributed by atoms with Gasteiger partial charge in [0.25, 0.3) is 0 Å². The summed E-state index contributed by atoms with van der Waals surface area (Å²) in [7, 11) is 2.14. The third-order valence-electron chi connectivity index (χ3n) is 5.18. The molecular formula is C17H23N3. The van der Waals surface area contributed by atoms with Crippen molar-refractivity contribution in [3.8, 4) is 0 Å². The van der Waals surface area contributed by atoms with Gasteiger partial charge >= 0.3 is 0 Å². The fourth-order valence-electron chi connectivity index (χ4n) is 3.71. The average Bonchev–Trinajstić information content (AvgIpc) is 3.25. The maximum atomic E-state index is 6.65. The summed E-state index contributed by atoms with van der Waals surface area (Å²) in [5.41, 5.74) is 10.2. The van der Waals surface area contributed by atoms with Crippen LogP contribution in [0.5, 0.6) is 0 Å². The van der Waals surface area contributed by atoms with Crippen molar-refractivity contribution < 1.29 is 0 Å². The van der Waals surface area contributed by atoms with Crippen molar-refractivity contribution in [1.29, 1.82) is 0 Å². The summed E-state index contributed by atoms with van der Waals surface area (Å²) < 4.78 is 2.26. The zero-order chi connectivity index (χ0) is 13.7. The number of rotatable bonds is 2. The Morgan fingerprint density at radius 1 is 1.20 bits per heavy atom. The predicted molar refractivity (Wildman–Crippen MR) is 81.6 cm³/mol. The second kappa shape index (κ2) is 4.32. The molecule has 0 bridgehead atoms. The minimum atomic E-state index is -0.121. The summed E-state index contributed by atoms with van der Waals surface area (Å²) in [6.45, 7) is 0. The highest BCUT2D eigenvalue weighted by Gasteiger charge is 2.31. The monoisotopic (exact) mass is 269 g/mol. The highest BCUT2D eigenvalue weighted by Crippen LogP contribution is 2.41. The van der Waals surface area contributed by atoms with Crippen molar-refractivity contribution >= 4 is 11.0 Å². The second-order valence-electron chi connectivity index (χ2n) is 6.72. The van der Waals surface area contributed by atoms with E-state index in [0.717, 1.165) is 18.4 Å². The summed E-state index contributed by atoms with van der Waals surface area (Å²) in [5.74, 6) is 1.95. The van der Waals surface area contributed by atoms with Crippen LogP contribution in [-0.2, 0) is 12.6 Å². The maximum Gasteiger partial charge on any atom is 0.112 e. The van der Waals surface area contributed by atoms with Crippen LogP contribution >= 0.6 is 0 Å². The Bertz CT molecular complexity index is 646. The van der Waals surface area contributed by atoms with E-state index in [4.69, 9.17) is 10.7 Å². The van der Waals surface area contributed by atoms with Gasteiger partial charge in [0.05, 0.1) is 11.0 Å². The normalized spacial score (nSPS) is 22.3. The molecule has 0 saturated heterocycles. The van der Waals surface area contributed by atoms with E-state index in [1.807, 2.05) is 0 Å². The van der Waals surface area contributed by atoms with Crippen LogP contribution in [0.3, 0.4) is 0 Å². The predicted octanol–water partition coefficient (Wildman–Crippen LogP) is 3.57. The van der Waals surface area contributed by atoms with Crippen LogP contribution in [0.15, 0.2) is 18.2 Å². The molecule has 0 radical (unpaired) electrons. The number of nitrogens with zero attached hydrogens (tertiary/aromatic N) is 2. The molecule has 1 aromatic heterocycles. The van der Waals surface area contributed by atoms with Crippen LogP contribution in [0, 0.1) is 0 Å². The maximum absolute atomic E-state index is 6.65. The number of imidazole rings is 1. The van der Waals surface area contributed by atoms with Crippen LogP contribution in [0.2, 0.25) is 0 Å². The van der Waals surface area contributed by atoms with E-state index in [-0.39, 0.29) is 5.54 Å². The molecule has 20 heavy (non-hydrogen) atoms. The zero-order valence-electron chi connectivity index (χ0n) is 12.2. The van der Waals surface area contributed by atoms with Gasteiger partial charge in [-0.15, -0.1) is 0 Å². The summed E-state index contributed by atoms with van der Waals surface area (Å²) in [4.78, 5) is 4.87. The van der Waals surface area contributed by atoms with E-state index < -0.39 is 0 Å². The molecule has 0 unspecified atom stereocenters. The Kier molecular flexibility index (Phi) is 2.68. The van der Waals surface area contributed by atoms with Gasteiger partial charge in [-0.05, 0) is 43.4 Å². The number of benzene rings is 1. The molecule has 2 saturated carbocycles. The second-order valence-corrected chi connectivity index (χ2v) is 6.72. The zero-order valence-corrected chi connectivity index (χ0v) is 12.2. The first-order chi connectivity index (χ1) is 9.67. The highest BCUT2D eigenvalue weighted by atomic mass is 15.1. The molecular weight excluding hydrogens is 246 g/mol. The van der Waals surface area contributed by atoms with Gasteiger partial charge in [-0.1, -0.05) is 25.3 Å². The third kappa shape index (κ3) is 1.87. The smallest absolute Gasteiger partial charge is 0.112 e. The molecule has 2 fully saturated rings. The van der Waals surface area contributed by atoms with Crippen LogP contribution in [-0.4, -0.2) is 9.55 Å². The van der Waals surface area contributed by atoms with E-state index in [0.29, 0.717) is 5.92 Å². The lowest BCUT2D eigenvalue weighted by Crippen LogP contribution is -2.38. The van der Waals surface area contributed by atoms with Crippen LogP contribution in [0.1, 0.15) is 62.3 Å². The van der Waals surface area contributed by atoms with E-state index in [9.17, 15) is 0 Å². The van der Waals surface area contributed by atoms with Gasteiger partial charge in [0.1, 0.15) is 5.82 Å². The molecule has 2 aliphatic rings. The molecule has 106 valence electrons. The minimum Gasteiger partial charge on any atom is -0.331 e. The van der Waals surface area contributed by atoms with Gasteiger partial charge in [0, 0.05) is 18.5 Å². The van der Waals surface area contributed by atoms with Crippen molar-refractivity contribution in [2.75, 3.05) is 0 Å². The number of nitrogens with two attached hydrogens (primary N) is 1. The number of aromatic nitrogens is 2. The number of fused-ring (bicyclic) bond motifs is 1. The van der Waals surface area contributed by atoms with Crippen LogP contribution in [0.4, 0.5) is 0 Å². The van der Waals surface area contributed by atoms with E-state index >= 15 is 0 Å². The third-order valence-corrected chi connectivity index (χ3v) is 5.18. The summed E-state index contributed by atoms with van der Waals surface area (Å²) in [6, 6.07) is 6.69. The molecule has 0 atom stereocenters. The summed E-state index contributed by atoms with van der Waals surface area (Å²) >= 11 is 0. The Morgan fingerprint density at radius 3 is 2.65 bits per heavy atom. The molecule has 2 aromatic rings. The molecule has 0 spiro atoms. The average molecular weight is 269 g/mol. The first-order valence-corrected chi connectivity index (χ1v) is 7.93. The first kappa shape index (κ1) is 12.4. The molecule has 2 N–H and O–H groups in total. The summed E-state index contributed by atoms with van der Waals surface area (Å²) in [6.07, 6.45) is 8.65. The molecule has 1 aromatic carbocycles. The van der Waals surface area contributed by atoms with Crippen molar-refractivity contribution in [1.82, 2.24) is 9.55 Å². The van der Waals surface area contributed by atoms with Gasteiger partial charge in [0.2, 0.25) is 0 Å². The number of hydrogen-bond donors (Lipinski definition) is 1. The number of aryl methyl sites for hydroxylation is 1. The van der Waals surface area contributed by atoms with Gasteiger partial charge in [-0.2, -0.15) is 0 Å². The molecule has 0 aliphatic heterocycles. The molecule has 3 nitrogen and oxygen atoms in total. The van der Waals surface area contributed by atoms with Crippen molar-refractivity contribution in [3.05, 3.63) is 29.6 Å². The quantitative estimate of drug-likeness (QED) is 0.905. The van der Waals surface area contributed by atoms with Crippen molar-refractivity contribution in [3.63, 3.8) is 0 Å². The molecule has 3 heteroatoms. The fraction of sp³-hybridized carbons (Fsp3) is 0.588. The highest BCUT2D eigenvalue weighted by molar-refractivity contribution is 5.77. The first-order valence-electron chi connectivity index (χ1n) is 7.93. The topological polar surface area (TPSA) is 43.8 Å². The fourth-order valence-corrected chi connectivity index (χ4v) is 3.71. The number of hydrogen-bond acceptors (Lipinski definition) is 2. The van der Waals surface area contributed by atoms with E-state index in [1.54, 1.807) is 0 Å². The SMILES string of the molecule is Cn1c(C2CC2)nc2cc(C3(N)CCCCC3)ccc21. The largest absolute Gasteiger partial charge is 0.331 e. The Morgan fingerprint density at radius 2 is 1.95 bits per heavy atom. The van der Waals surface area contributed by atoms with E-state index in [1.165, 1.54) is 49.0 Å². The standard InChI is InChI=1S/C17H23N3/c1-20-15-8-7-13(17(18)9-3-2-4-10-17)11-14(15)19-16(20)12-5-6-12/h7-8,11-12H,2-6,9-10,18H2,1H3. The van der Waals surface area contributed by atoms with Crippen LogP contribution in [0.25, 0.3) is 11.0 Å².